The molecule has 0 saturated carbocycles. The van der Waals surface area contributed by atoms with Gasteiger partial charge in [0.05, 0.1) is 25.2 Å². The molecule has 2 rings (SSSR count). The molecule has 0 aromatic heterocycles. The van der Waals surface area contributed by atoms with Crippen LogP contribution < -0.4 is 48.7 Å². The Balaban J connectivity index is 2.38. The van der Waals surface area contributed by atoms with Crippen LogP contribution in [0.15, 0.2) is 30.3 Å². The van der Waals surface area contributed by atoms with Crippen molar-refractivity contribution in [1.82, 2.24) is 42.1 Å². The molecule has 1 heterocycles. The number of rotatable bonds is 29. The summed E-state index contributed by atoms with van der Waals surface area (Å²) in [4.78, 5) is 146. The van der Waals surface area contributed by atoms with Crippen molar-refractivity contribution < 1.29 is 73.2 Å². The van der Waals surface area contributed by atoms with Crippen LogP contribution >= 0.6 is 0 Å². The number of hydrogen-bond acceptors (Lipinski definition) is 14. The van der Waals surface area contributed by atoms with Gasteiger partial charge in [0.1, 0.15) is 48.3 Å². The predicted octanol–water partition coefficient (Wildman–Crippen LogP) is -3.50. The van der Waals surface area contributed by atoms with Crippen molar-refractivity contribution in [2.24, 2.45) is 29.2 Å². The highest BCUT2D eigenvalue weighted by atomic mass is 16.4. The highest BCUT2D eigenvalue weighted by Gasteiger charge is 2.42. The van der Waals surface area contributed by atoms with Crippen molar-refractivity contribution in [2.75, 3.05) is 13.2 Å². The Bertz CT molecular complexity index is 2060. The van der Waals surface area contributed by atoms with Crippen LogP contribution in [0.4, 0.5) is 0 Å². The van der Waals surface area contributed by atoms with Crippen LogP contribution in [-0.2, 0) is 59.2 Å². The van der Waals surface area contributed by atoms with Crippen molar-refractivity contribution in [1.29, 1.82) is 0 Å². The summed E-state index contributed by atoms with van der Waals surface area (Å²) in [6, 6.07) is -4.84. The Labute approximate surface area is 411 Å². The van der Waals surface area contributed by atoms with E-state index in [9.17, 15) is 73.2 Å². The Kier molecular flexibility index (Phi) is 24.5. The third-order valence-electron chi connectivity index (χ3n) is 12.0. The lowest BCUT2D eigenvalue weighted by Crippen LogP contribution is -2.62. The number of primary amides is 1. The van der Waals surface area contributed by atoms with E-state index in [0.717, 1.165) is 6.92 Å². The molecular formula is C46H72N10O15. The number of carboxylic acid groups (broad SMARTS) is 2. The van der Waals surface area contributed by atoms with Gasteiger partial charge in [0.25, 0.3) is 0 Å². The zero-order valence-corrected chi connectivity index (χ0v) is 41.1. The van der Waals surface area contributed by atoms with Crippen molar-refractivity contribution in [3.63, 3.8) is 0 Å². The Morgan fingerprint density at radius 3 is 1.72 bits per heavy atom. The molecule has 1 aromatic rings. The first-order valence-electron chi connectivity index (χ1n) is 23.5. The summed E-state index contributed by atoms with van der Waals surface area (Å²) < 4.78 is 0. The maximum absolute atomic E-state index is 14.3. The number of carboxylic acids is 2. The van der Waals surface area contributed by atoms with E-state index in [-0.39, 0.29) is 25.3 Å². The Hall–Kier alpha value is -6.73. The first-order chi connectivity index (χ1) is 33.2. The minimum atomic E-state index is -1.91. The van der Waals surface area contributed by atoms with Gasteiger partial charge in [-0.3, -0.25) is 47.9 Å². The molecule has 1 saturated heterocycles. The molecule has 25 heteroatoms. The van der Waals surface area contributed by atoms with Crippen LogP contribution in [0.2, 0.25) is 0 Å². The molecule has 15 N–H and O–H groups in total. The highest BCUT2D eigenvalue weighted by Crippen LogP contribution is 2.22. The number of carbonyl (C=O) groups excluding carboxylic acids is 9. The topological polar surface area (TPSA) is 408 Å². The standard InChI is InChI=1S/C46H72N10O15/c1-8-24(6)34(48)43(67)55-37(25(7)58)44(68)51-29(20-33(60)61)40(64)49-27(16-17-32(47)59)38(62)53-35(22(2)3)45(69)56-18-12-15-31(56)42(66)50-28(19-26-13-10-9-11-14-26)39(63)52-30(21-57)41(65)54-36(23(4)5)46(70)71/h9-11,13-14,22-25,27-31,34-37,57-58H,8,12,15-21,48H2,1-7H3,(H2,47,59)(H,49,64)(H,50,66)(H,51,68)(H,52,63)(H,53,62)(H,54,65)(H,55,67)(H,60,61)(H,70,71)/t24-,25+,27-,28-,29-,30?,31-,34-,35-,36-,37-/m0/s1. The maximum atomic E-state index is 14.3. The summed E-state index contributed by atoms with van der Waals surface area (Å²) in [5.74, 6) is -13.0. The number of benzene rings is 1. The molecule has 11 atom stereocenters. The minimum absolute atomic E-state index is 0.0226. The fraction of sp³-hybridized carbons (Fsp3) is 0.630. The second kappa shape index (κ2) is 28.8. The molecule has 1 fully saturated rings. The van der Waals surface area contributed by atoms with Gasteiger partial charge in [-0.2, -0.15) is 0 Å². The lowest BCUT2D eigenvalue weighted by molar-refractivity contribution is -0.144. The first-order valence-corrected chi connectivity index (χ1v) is 23.5. The summed E-state index contributed by atoms with van der Waals surface area (Å²) in [5.41, 5.74) is 11.9. The van der Waals surface area contributed by atoms with Crippen LogP contribution in [0.5, 0.6) is 0 Å². The Morgan fingerprint density at radius 2 is 1.20 bits per heavy atom. The predicted molar refractivity (Wildman–Crippen MR) is 253 cm³/mol. The number of likely N-dealkylation sites (tertiary alicyclic amines) is 1. The lowest BCUT2D eigenvalue weighted by Gasteiger charge is -2.32. The zero-order chi connectivity index (χ0) is 53.9. The maximum Gasteiger partial charge on any atom is 0.326 e. The Morgan fingerprint density at radius 1 is 0.676 bits per heavy atom. The van der Waals surface area contributed by atoms with Gasteiger partial charge < -0.3 is 74.0 Å². The van der Waals surface area contributed by atoms with E-state index in [0.29, 0.717) is 18.4 Å². The number of amides is 9. The fourth-order valence-electron chi connectivity index (χ4n) is 7.45. The van der Waals surface area contributed by atoms with E-state index < -0.39 is 163 Å². The monoisotopic (exact) mass is 1000 g/mol. The number of nitrogens with two attached hydrogens (primary N) is 2. The summed E-state index contributed by atoms with van der Waals surface area (Å²) in [7, 11) is 0. The van der Waals surface area contributed by atoms with Gasteiger partial charge in [-0.25, -0.2) is 4.79 Å². The second-order valence-electron chi connectivity index (χ2n) is 18.3. The molecule has 0 radical (unpaired) electrons. The molecule has 0 bridgehead atoms. The highest BCUT2D eigenvalue weighted by molar-refractivity contribution is 5.99. The molecule has 396 valence electrons. The number of hydrogen-bond donors (Lipinski definition) is 13. The fourth-order valence-corrected chi connectivity index (χ4v) is 7.45. The quantitative estimate of drug-likeness (QED) is 0.0370. The number of aliphatic hydroxyl groups is 2. The molecule has 0 aliphatic carbocycles. The molecule has 25 nitrogen and oxygen atoms in total. The van der Waals surface area contributed by atoms with Gasteiger partial charge in [0, 0.05) is 19.4 Å². The van der Waals surface area contributed by atoms with Crippen LogP contribution in [-0.4, -0.2) is 164 Å². The summed E-state index contributed by atoms with van der Waals surface area (Å²) in [5, 5.41) is 56.3. The van der Waals surface area contributed by atoms with E-state index >= 15 is 0 Å². The molecule has 71 heavy (non-hydrogen) atoms. The van der Waals surface area contributed by atoms with E-state index in [1.807, 2.05) is 0 Å². The van der Waals surface area contributed by atoms with Gasteiger partial charge in [-0.15, -0.1) is 0 Å². The SMILES string of the molecule is CC[C@H](C)[C@H](N)C(=O)N[C@H](C(=O)N[C@@H](CC(=O)O)C(=O)N[C@@H](CCC(N)=O)C(=O)N[C@H](C(=O)N1CCC[C@H]1C(=O)N[C@@H](Cc1ccccc1)C(=O)NC(CO)C(=O)N[C@H](C(=O)O)C(C)C)C(C)C)[C@@H](C)O. The largest absolute Gasteiger partial charge is 0.481 e. The third kappa shape index (κ3) is 18.8. The summed E-state index contributed by atoms with van der Waals surface area (Å²) in [6.45, 7) is 9.98. The van der Waals surface area contributed by atoms with E-state index in [1.165, 1.54) is 4.90 Å². The number of carbonyl (C=O) groups is 11. The molecule has 1 aliphatic rings. The third-order valence-corrected chi connectivity index (χ3v) is 12.0. The van der Waals surface area contributed by atoms with Gasteiger partial charge in [0.15, 0.2) is 0 Å². The minimum Gasteiger partial charge on any atom is -0.481 e. The van der Waals surface area contributed by atoms with Gasteiger partial charge in [-0.05, 0) is 49.5 Å². The number of nitrogens with one attached hydrogen (secondary N) is 7. The van der Waals surface area contributed by atoms with Gasteiger partial charge >= 0.3 is 11.9 Å². The number of aliphatic hydroxyl groups excluding tert-OH is 2. The van der Waals surface area contributed by atoms with Crippen molar-refractivity contribution in [2.45, 2.75) is 154 Å². The lowest BCUT2D eigenvalue weighted by atomic mass is 9.98. The average molecular weight is 1010 g/mol. The normalized spacial score (nSPS) is 17.6. The molecule has 9 amide bonds. The molecule has 1 aliphatic heterocycles. The average Bonchev–Trinajstić information content (AvgIpc) is 3.81. The molecule has 1 aromatic carbocycles. The zero-order valence-electron chi connectivity index (χ0n) is 41.1. The summed E-state index contributed by atoms with van der Waals surface area (Å²) in [6.07, 6.45) is -2.74. The van der Waals surface area contributed by atoms with Crippen molar-refractivity contribution in [3.8, 4) is 0 Å². The van der Waals surface area contributed by atoms with Crippen LogP contribution in [0.3, 0.4) is 0 Å². The first kappa shape index (κ1) is 60.4. The second-order valence-corrected chi connectivity index (χ2v) is 18.3. The smallest absolute Gasteiger partial charge is 0.326 e. The molecule has 0 spiro atoms. The van der Waals surface area contributed by atoms with E-state index in [1.54, 1.807) is 71.9 Å². The van der Waals surface area contributed by atoms with Crippen molar-refractivity contribution >= 4 is 65.1 Å². The van der Waals surface area contributed by atoms with Crippen LogP contribution in [0.25, 0.3) is 0 Å². The van der Waals surface area contributed by atoms with Crippen molar-refractivity contribution in [3.05, 3.63) is 35.9 Å². The number of aliphatic carboxylic acids is 2. The molecular weight excluding hydrogens is 933 g/mol. The van der Waals surface area contributed by atoms with Gasteiger partial charge in [-0.1, -0.05) is 78.3 Å². The van der Waals surface area contributed by atoms with E-state index in [4.69, 9.17) is 11.5 Å². The van der Waals surface area contributed by atoms with E-state index in [2.05, 4.69) is 37.2 Å². The molecule has 1 unspecified atom stereocenters. The van der Waals surface area contributed by atoms with Gasteiger partial charge in [0.2, 0.25) is 53.2 Å². The van der Waals surface area contributed by atoms with Crippen LogP contribution in [0.1, 0.15) is 92.6 Å². The summed E-state index contributed by atoms with van der Waals surface area (Å²) >= 11 is 0. The number of nitrogens with zero attached hydrogens (tertiary/aromatic N) is 1. The van der Waals surface area contributed by atoms with Crippen LogP contribution in [0, 0.1) is 17.8 Å².